The Balaban J connectivity index is 1.62. The number of fused-ring (bicyclic) bond motifs is 1. The summed E-state index contributed by atoms with van der Waals surface area (Å²) in [6.07, 6.45) is 3.64. The summed E-state index contributed by atoms with van der Waals surface area (Å²) in [6.45, 7) is 2.61. The van der Waals surface area contributed by atoms with Gasteiger partial charge >= 0.3 is 5.69 Å². The fourth-order valence-electron chi connectivity index (χ4n) is 3.92. The predicted octanol–water partition coefficient (Wildman–Crippen LogP) is 2.52. The van der Waals surface area contributed by atoms with E-state index >= 15 is 0 Å². The van der Waals surface area contributed by atoms with E-state index < -0.39 is 17.2 Å². The van der Waals surface area contributed by atoms with Crippen LogP contribution in [0.3, 0.4) is 0 Å². The van der Waals surface area contributed by atoms with E-state index in [4.69, 9.17) is 4.42 Å². The molecule has 2 aromatic heterocycles. The Morgan fingerprint density at radius 2 is 1.69 bits per heavy atom. The number of nitrogens with one attached hydrogen (secondary N) is 2. The van der Waals surface area contributed by atoms with Gasteiger partial charge in [-0.1, -0.05) is 37.6 Å². The lowest BCUT2D eigenvalue weighted by Gasteiger charge is -2.14. The number of benzene rings is 2. The van der Waals surface area contributed by atoms with Gasteiger partial charge < -0.3 is 15.1 Å². The number of furan rings is 1. The fraction of sp³-hybridized carbons (Fsp3) is 0.259. The molecule has 0 spiro atoms. The van der Waals surface area contributed by atoms with Crippen molar-refractivity contribution >= 4 is 22.7 Å². The Morgan fingerprint density at radius 1 is 0.917 bits per heavy atom. The molecular formula is C27H28N4O5. The summed E-state index contributed by atoms with van der Waals surface area (Å²) in [5.74, 6) is 0.111. The molecule has 9 heteroatoms. The van der Waals surface area contributed by atoms with E-state index in [1.54, 1.807) is 60.7 Å². The van der Waals surface area contributed by atoms with E-state index in [0.29, 0.717) is 28.9 Å². The molecule has 9 nitrogen and oxygen atoms in total. The zero-order valence-corrected chi connectivity index (χ0v) is 20.0. The number of carbonyl (C=O) groups is 2. The number of nitrogens with zero attached hydrogens (tertiary/aromatic N) is 2. The van der Waals surface area contributed by atoms with Gasteiger partial charge in [0, 0.05) is 6.54 Å². The Bertz CT molecular complexity index is 1470. The van der Waals surface area contributed by atoms with Crippen molar-refractivity contribution in [1.82, 2.24) is 19.8 Å². The highest BCUT2D eigenvalue weighted by Crippen LogP contribution is 2.12. The van der Waals surface area contributed by atoms with E-state index in [2.05, 4.69) is 17.6 Å². The molecule has 2 N–H and O–H groups in total. The molecule has 0 radical (unpaired) electrons. The molecule has 186 valence electrons. The molecule has 36 heavy (non-hydrogen) atoms. The highest BCUT2D eigenvalue weighted by atomic mass is 16.3. The molecule has 0 aliphatic heterocycles. The summed E-state index contributed by atoms with van der Waals surface area (Å²) in [5, 5.41) is 5.91. The maximum Gasteiger partial charge on any atom is 0.336 e. The molecule has 0 aliphatic carbocycles. The minimum atomic E-state index is -0.628. The Kier molecular flexibility index (Phi) is 7.79. The summed E-state index contributed by atoms with van der Waals surface area (Å²) in [7, 11) is 0. The molecule has 0 fully saturated rings. The van der Waals surface area contributed by atoms with Crippen LogP contribution in [0.2, 0.25) is 0 Å². The molecule has 4 aromatic rings. The second kappa shape index (κ2) is 11.4. The molecule has 0 atom stereocenters. The van der Waals surface area contributed by atoms with Crippen molar-refractivity contribution in [1.29, 1.82) is 0 Å². The average molecular weight is 489 g/mol. The first kappa shape index (κ1) is 24.7. The normalized spacial score (nSPS) is 10.9. The van der Waals surface area contributed by atoms with Gasteiger partial charge in [-0.2, -0.15) is 0 Å². The van der Waals surface area contributed by atoms with E-state index in [1.165, 1.54) is 10.8 Å². The first-order valence-corrected chi connectivity index (χ1v) is 11.9. The van der Waals surface area contributed by atoms with E-state index in [1.807, 2.05) is 0 Å². The van der Waals surface area contributed by atoms with Crippen LogP contribution in [0.5, 0.6) is 0 Å². The molecule has 0 saturated carbocycles. The van der Waals surface area contributed by atoms with Crippen molar-refractivity contribution in [3.8, 4) is 5.69 Å². The van der Waals surface area contributed by atoms with E-state index in [-0.39, 0.29) is 25.4 Å². The molecule has 0 aliphatic rings. The molecule has 2 amide bonds. The van der Waals surface area contributed by atoms with Crippen LogP contribution in [0.15, 0.2) is 80.9 Å². The second-order valence-electron chi connectivity index (χ2n) is 8.43. The van der Waals surface area contributed by atoms with Crippen molar-refractivity contribution in [2.24, 2.45) is 0 Å². The smallest absolute Gasteiger partial charge is 0.336 e. The lowest BCUT2D eigenvalue weighted by molar-refractivity contribution is -0.122. The third-order valence-corrected chi connectivity index (χ3v) is 5.80. The van der Waals surface area contributed by atoms with Crippen molar-refractivity contribution in [3.05, 3.63) is 99.1 Å². The van der Waals surface area contributed by atoms with Gasteiger partial charge in [0.2, 0.25) is 11.8 Å². The second-order valence-corrected chi connectivity index (χ2v) is 8.43. The molecule has 0 unspecified atom stereocenters. The predicted molar refractivity (Wildman–Crippen MR) is 136 cm³/mol. The Morgan fingerprint density at radius 3 is 2.42 bits per heavy atom. The molecule has 2 aromatic carbocycles. The SMILES string of the molecule is CCCCNC(=O)Cc1ccc(-n2c(=O)c3ccccc3n(CC(=O)NCc3ccco3)c2=O)cc1. The number of carbonyl (C=O) groups excluding carboxylic acids is 2. The van der Waals surface area contributed by atoms with Gasteiger partial charge in [-0.05, 0) is 48.4 Å². The van der Waals surface area contributed by atoms with Gasteiger partial charge in [0.05, 0.1) is 35.8 Å². The third kappa shape index (κ3) is 5.63. The van der Waals surface area contributed by atoms with Crippen molar-refractivity contribution in [2.45, 2.75) is 39.3 Å². The zero-order valence-electron chi connectivity index (χ0n) is 20.0. The van der Waals surface area contributed by atoms with Crippen LogP contribution in [0.25, 0.3) is 16.6 Å². The number of aromatic nitrogens is 2. The van der Waals surface area contributed by atoms with Crippen LogP contribution < -0.4 is 21.9 Å². The number of amides is 2. The highest BCUT2D eigenvalue weighted by Gasteiger charge is 2.17. The van der Waals surface area contributed by atoms with Crippen LogP contribution in [0, 0.1) is 0 Å². The largest absolute Gasteiger partial charge is 0.467 e. The first-order valence-electron chi connectivity index (χ1n) is 11.9. The van der Waals surface area contributed by atoms with Crippen LogP contribution >= 0.6 is 0 Å². The molecule has 0 bridgehead atoms. The van der Waals surface area contributed by atoms with E-state index in [9.17, 15) is 19.2 Å². The number of rotatable bonds is 10. The van der Waals surface area contributed by atoms with Crippen LogP contribution in [-0.4, -0.2) is 27.5 Å². The van der Waals surface area contributed by atoms with E-state index in [0.717, 1.165) is 23.0 Å². The standard InChI is InChI=1S/C27H28N4O5/c1-2-3-14-28-24(32)16-19-10-12-20(13-11-19)31-26(34)22-8-4-5-9-23(22)30(27(31)35)18-25(33)29-17-21-7-6-15-36-21/h4-13,15H,2-3,14,16-18H2,1H3,(H,28,32)(H,29,33). The van der Waals surface area contributed by atoms with Crippen LogP contribution in [-0.2, 0) is 29.1 Å². The molecular weight excluding hydrogens is 460 g/mol. The number of unbranched alkanes of at least 4 members (excludes halogenated alkanes) is 1. The summed E-state index contributed by atoms with van der Waals surface area (Å²) < 4.78 is 7.55. The zero-order chi connectivity index (χ0) is 25.5. The summed E-state index contributed by atoms with van der Waals surface area (Å²) >= 11 is 0. The van der Waals surface area contributed by atoms with Gasteiger partial charge in [0.25, 0.3) is 5.56 Å². The van der Waals surface area contributed by atoms with Gasteiger partial charge in [0.1, 0.15) is 12.3 Å². The number of para-hydroxylation sites is 1. The van der Waals surface area contributed by atoms with Crippen LogP contribution in [0.1, 0.15) is 31.1 Å². The molecule has 4 rings (SSSR count). The maximum absolute atomic E-state index is 13.4. The minimum Gasteiger partial charge on any atom is -0.467 e. The number of hydrogen-bond donors (Lipinski definition) is 2. The van der Waals surface area contributed by atoms with Gasteiger partial charge in [-0.15, -0.1) is 0 Å². The van der Waals surface area contributed by atoms with Crippen molar-refractivity contribution in [3.63, 3.8) is 0 Å². The van der Waals surface area contributed by atoms with Crippen LogP contribution in [0.4, 0.5) is 0 Å². The van der Waals surface area contributed by atoms with Gasteiger partial charge in [0.15, 0.2) is 0 Å². The lowest BCUT2D eigenvalue weighted by Crippen LogP contribution is -2.41. The van der Waals surface area contributed by atoms with Crippen molar-refractivity contribution < 1.29 is 14.0 Å². The molecule has 0 saturated heterocycles. The first-order chi connectivity index (χ1) is 17.5. The highest BCUT2D eigenvalue weighted by molar-refractivity contribution is 5.82. The Hall–Kier alpha value is -4.40. The lowest BCUT2D eigenvalue weighted by atomic mass is 10.1. The average Bonchev–Trinajstić information content (AvgIpc) is 3.40. The van der Waals surface area contributed by atoms with Gasteiger partial charge in [-0.3, -0.25) is 19.0 Å². The maximum atomic E-state index is 13.4. The minimum absolute atomic E-state index is 0.0815. The third-order valence-electron chi connectivity index (χ3n) is 5.80. The number of hydrogen-bond acceptors (Lipinski definition) is 5. The Labute approximate surface area is 207 Å². The quantitative estimate of drug-likeness (QED) is 0.333. The molecule has 2 heterocycles. The summed E-state index contributed by atoms with van der Waals surface area (Å²) in [6, 6.07) is 16.8. The summed E-state index contributed by atoms with van der Waals surface area (Å²) in [5.41, 5.74) is 0.386. The monoisotopic (exact) mass is 488 g/mol. The van der Waals surface area contributed by atoms with Crippen molar-refractivity contribution in [2.75, 3.05) is 6.54 Å². The summed E-state index contributed by atoms with van der Waals surface area (Å²) in [4.78, 5) is 51.4. The topological polar surface area (TPSA) is 115 Å². The fourth-order valence-corrected chi connectivity index (χ4v) is 3.92. The van der Waals surface area contributed by atoms with Gasteiger partial charge in [-0.25, -0.2) is 9.36 Å².